The zero-order chi connectivity index (χ0) is 17.8. The smallest absolute Gasteiger partial charge is 0.233 e. The van der Waals surface area contributed by atoms with Crippen LogP contribution in [0.5, 0.6) is 0 Å². The molecule has 1 aromatic heterocycles. The molecule has 134 valence electrons. The lowest BCUT2D eigenvalue weighted by atomic mass is 9.95. The number of carbonyl (C=O) groups is 1. The van der Waals surface area contributed by atoms with Gasteiger partial charge in [-0.25, -0.2) is 4.68 Å². The maximum absolute atomic E-state index is 12.4. The van der Waals surface area contributed by atoms with Gasteiger partial charge in [-0.3, -0.25) is 4.79 Å². The van der Waals surface area contributed by atoms with Crippen LogP contribution >= 0.6 is 27.7 Å². The molecule has 25 heavy (non-hydrogen) atoms. The zero-order valence-corrected chi connectivity index (χ0v) is 16.5. The van der Waals surface area contributed by atoms with Crippen LogP contribution in [0.1, 0.15) is 39.0 Å². The minimum atomic E-state index is -0.277. The first-order chi connectivity index (χ1) is 12.1. The predicted molar refractivity (Wildman–Crippen MR) is 104 cm³/mol. The highest BCUT2D eigenvalue weighted by atomic mass is 79.9. The minimum Gasteiger partial charge on any atom is -0.352 e. The van der Waals surface area contributed by atoms with Gasteiger partial charge in [-0.05, 0) is 31.9 Å². The molecule has 2 aromatic rings. The fourth-order valence-electron chi connectivity index (χ4n) is 2.96. The number of amides is 1. The van der Waals surface area contributed by atoms with E-state index in [2.05, 4.69) is 31.4 Å². The van der Waals surface area contributed by atoms with Crippen LogP contribution in [0.2, 0.25) is 0 Å². The summed E-state index contributed by atoms with van der Waals surface area (Å²) in [5.41, 5.74) is 0.865. The molecule has 0 aliphatic heterocycles. The number of thioether (sulfide) groups is 1. The van der Waals surface area contributed by atoms with E-state index in [9.17, 15) is 4.79 Å². The Morgan fingerprint density at radius 1 is 1.32 bits per heavy atom. The number of hydrogen-bond donors (Lipinski definition) is 2. The van der Waals surface area contributed by atoms with Crippen molar-refractivity contribution in [3.63, 3.8) is 0 Å². The lowest BCUT2D eigenvalue weighted by Gasteiger charge is -2.24. The fourth-order valence-corrected chi connectivity index (χ4v) is 4.20. The summed E-state index contributed by atoms with van der Waals surface area (Å²) < 4.78 is 2.34. The molecule has 1 aliphatic rings. The van der Waals surface area contributed by atoms with Crippen LogP contribution in [-0.4, -0.2) is 32.1 Å². The summed E-state index contributed by atoms with van der Waals surface area (Å²) in [4.78, 5) is 12.4. The van der Waals surface area contributed by atoms with Crippen molar-refractivity contribution in [2.75, 3.05) is 5.84 Å². The maximum Gasteiger partial charge on any atom is 0.233 e. The molecular formula is C17H22BrN5OS. The Balaban J connectivity index is 1.66. The Morgan fingerprint density at radius 3 is 2.76 bits per heavy atom. The Bertz CT molecular complexity index is 744. The van der Waals surface area contributed by atoms with E-state index in [-0.39, 0.29) is 11.2 Å². The number of nitrogen functional groups attached to an aromatic ring is 1. The summed E-state index contributed by atoms with van der Waals surface area (Å²) in [7, 11) is 0. The number of benzene rings is 1. The van der Waals surface area contributed by atoms with Gasteiger partial charge in [-0.1, -0.05) is 59.1 Å². The Hall–Kier alpha value is -1.54. The molecule has 0 radical (unpaired) electrons. The van der Waals surface area contributed by atoms with Crippen LogP contribution < -0.4 is 11.2 Å². The highest BCUT2D eigenvalue weighted by Gasteiger charge is 2.23. The van der Waals surface area contributed by atoms with Crippen LogP contribution in [0, 0.1) is 0 Å². The number of nitrogens with zero attached hydrogens (tertiary/aromatic N) is 3. The first-order valence-corrected chi connectivity index (χ1v) is 10.2. The van der Waals surface area contributed by atoms with Crippen LogP contribution in [0.3, 0.4) is 0 Å². The number of nitrogens with one attached hydrogen (secondary N) is 1. The Labute approximate surface area is 160 Å². The van der Waals surface area contributed by atoms with Gasteiger partial charge in [0.1, 0.15) is 0 Å². The molecule has 1 heterocycles. The van der Waals surface area contributed by atoms with Crippen molar-refractivity contribution in [2.45, 2.75) is 55.5 Å². The van der Waals surface area contributed by atoms with Gasteiger partial charge in [0.25, 0.3) is 0 Å². The second-order valence-electron chi connectivity index (χ2n) is 6.26. The summed E-state index contributed by atoms with van der Waals surface area (Å²) in [6, 6.07) is 8.00. The van der Waals surface area contributed by atoms with E-state index in [1.165, 1.54) is 35.7 Å². The van der Waals surface area contributed by atoms with E-state index in [0.29, 0.717) is 17.0 Å². The minimum absolute atomic E-state index is 0.0299. The third kappa shape index (κ3) is 4.36. The number of halogens is 1. The molecule has 1 unspecified atom stereocenters. The van der Waals surface area contributed by atoms with Gasteiger partial charge < -0.3 is 11.2 Å². The number of nitrogens with two attached hydrogens (primary N) is 1. The lowest BCUT2D eigenvalue weighted by molar-refractivity contribution is -0.121. The number of aromatic nitrogens is 3. The molecule has 1 fully saturated rings. The van der Waals surface area contributed by atoms with Gasteiger partial charge in [0.2, 0.25) is 11.1 Å². The predicted octanol–water partition coefficient (Wildman–Crippen LogP) is 3.35. The van der Waals surface area contributed by atoms with Crippen LogP contribution in [0.15, 0.2) is 33.9 Å². The fraction of sp³-hybridized carbons (Fsp3) is 0.471. The molecule has 1 atom stereocenters. The average Bonchev–Trinajstić information content (AvgIpc) is 2.97. The molecule has 8 heteroatoms. The number of hydrogen-bond acceptors (Lipinski definition) is 5. The largest absolute Gasteiger partial charge is 0.352 e. The molecule has 0 saturated heterocycles. The molecule has 1 aromatic carbocycles. The van der Waals surface area contributed by atoms with E-state index in [1.54, 1.807) is 0 Å². The van der Waals surface area contributed by atoms with Crippen LogP contribution in [0.25, 0.3) is 11.4 Å². The topological polar surface area (TPSA) is 85.8 Å². The summed E-state index contributed by atoms with van der Waals surface area (Å²) in [5.74, 6) is 6.75. The SMILES string of the molecule is CC(Sc1nnc(-c2ccccc2Br)n1N)C(=O)NC1CCCCC1. The third-order valence-corrected chi connectivity index (χ3v) is 6.13. The molecule has 1 saturated carbocycles. The molecule has 3 N–H and O–H groups in total. The standard InChI is InChI=1S/C17H22BrN5OS/c1-11(16(24)20-12-7-3-2-4-8-12)25-17-22-21-15(23(17)19)13-9-5-6-10-14(13)18/h5-6,9-12H,2-4,7-8,19H2,1H3,(H,20,24). The van der Waals surface area contributed by atoms with Gasteiger partial charge >= 0.3 is 0 Å². The zero-order valence-electron chi connectivity index (χ0n) is 14.1. The van der Waals surface area contributed by atoms with Crippen molar-refractivity contribution in [2.24, 2.45) is 0 Å². The Morgan fingerprint density at radius 2 is 2.04 bits per heavy atom. The summed E-state index contributed by atoms with van der Waals surface area (Å²) >= 11 is 4.82. The molecule has 3 rings (SSSR count). The summed E-state index contributed by atoms with van der Waals surface area (Å²) in [5, 5.41) is 11.7. The lowest BCUT2D eigenvalue weighted by Crippen LogP contribution is -2.40. The van der Waals surface area contributed by atoms with Crippen LogP contribution in [0.4, 0.5) is 0 Å². The normalized spacial score (nSPS) is 16.6. The van der Waals surface area contributed by atoms with E-state index in [0.717, 1.165) is 22.9 Å². The van der Waals surface area contributed by atoms with E-state index in [1.807, 2.05) is 31.2 Å². The van der Waals surface area contributed by atoms with Gasteiger partial charge in [0.15, 0.2) is 5.82 Å². The molecule has 1 aliphatic carbocycles. The van der Waals surface area contributed by atoms with Gasteiger partial charge in [-0.15, -0.1) is 10.2 Å². The van der Waals surface area contributed by atoms with Crippen molar-refractivity contribution < 1.29 is 4.79 Å². The highest BCUT2D eigenvalue weighted by molar-refractivity contribution is 9.10. The van der Waals surface area contributed by atoms with Crippen molar-refractivity contribution in [1.82, 2.24) is 20.2 Å². The van der Waals surface area contributed by atoms with E-state index < -0.39 is 0 Å². The molecule has 0 bridgehead atoms. The van der Waals surface area contributed by atoms with Crippen molar-refractivity contribution in [3.05, 3.63) is 28.7 Å². The van der Waals surface area contributed by atoms with E-state index in [4.69, 9.17) is 5.84 Å². The van der Waals surface area contributed by atoms with Crippen molar-refractivity contribution in [3.8, 4) is 11.4 Å². The number of carbonyl (C=O) groups excluding carboxylic acids is 1. The average molecular weight is 424 g/mol. The highest BCUT2D eigenvalue weighted by Crippen LogP contribution is 2.29. The second-order valence-corrected chi connectivity index (χ2v) is 8.42. The van der Waals surface area contributed by atoms with Gasteiger partial charge in [0.05, 0.1) is 5.25 Å². The first-order valence-electron chi connectivity index (χ1n) is 8.48. The van der Waals surface area contributed by atoms with Crippen LogP contribution in [-0.2, 0) is 4.79 Å². The quantitative estimate of drug-likeness (QED) is 0.568. The molecule has 1 amide bonds. The molecule has 0 spiro atoms. The van der Waals surface area contributed by atoms with Crippen molar-refractivity contribution >= 4 is 33.6 Å². The third-order valence-electron chi connectivity index (χ3n) is 4.38. The van der Waals surface area contributed by atoms with E-state index >= 15 is 0 Å². The van der Waals surface area contributed by atoms with Gasteiger partial charge in [-0.2, -0.15) is 0 Å². The maximum atomic E-state index is 12.4. The molecule has 6 nitrogen and oxygen atoms in total. The number of rotatable bonds is 5. The summed E-state index contributed by atoms with van der Waals surface area (Å²) in [6.07, 6.45) is 5.80. The second kappa shape index (κ2) is 8.23. The first kappa shape index (κ1) is 18.3. The Kier molecular flexibility index (Phi) is 6.01. The van der Waals surface area contributed by atoms with Gasteiger partial charge in [0, 0.05) is 16.1 Å². The summed E-state index contributed by atoms with van der Waals surface area (Å²) in [6.45, 7) is 1.87. The monoisotopic (exact) mass is 423 g/mol. The van der Waals surface area contributed by atoms with Crippen molar-refractivity contribution in [1.29, 1.82) is 0 Å². The molecular weight excluding hydrogens is 402 g/mol.